The number of rotatable bonds is 6. The highest BCUT2D eigenvalue weighted by atomic mass is 15.3. The van der Waals surface area contributed by atoms with Crippen molar-refractivity contribution in [1.29, 1.82) is 0 Å². The number of fused-ring (bicyclic) bond motifs is 1. The number of likely N-dealkylation sites (tertiary alicyclic amines) is 2. The minimum Gasteiger partial charge on any atom is -0.344 e. The van der Waals surface area contributed by atoms with E-state index in [1.807, 2.05) is 24.8 Å². The molecule has 0 spiro atoms. The van der Waals surface area contributed by atoms with Crippen LogP contribution in [-0.4, -0.2) is 79.3 Å². The molecule has 6 heterocycles. The number of aromatic nitrogens is 6. The van der Waals surface area contributed by atoms with Crippen molar-refractivity contribution >= 4 is 11.2 Å². The van der Waals surface area contributed by atoms with Crippen molar-refractivity contribution in [3.05, 3.63) is 48.3 Å². The number of hydrogen-bond donors (Lipinski definition) is 1. The summed E-state index contributed by atoms with van der Waals surface area (Å²) in [4.78, 5) is 23.0. The first kappa shape index (κ1) is 24.2. The van der Waals surface area contributed by atoms with Gasteiger partial charge in [0.25, 0.3) is 0 Å². The lowest BCUT2D eigenvalue weighted by molar-refractivity contribution is 0.187. The molecule has 0 bridgehead atoms. The second-order valence-electron chi connectivity index (χ2n) is 10.7. The molecule has 0 unspecified atom stereocenters. The van der Waals surface area contributed by atoms with Crippen LogP contribution in [0.3, 0.4) is 0 Å². The van der Waals surface area contributed by atoms with E-state index in [4.69, 9.17) is 20.1 Å². The zero-order valence-electron chi connectivity index (χ0n) is 22.3. The molecule has 0 radical (unpaired) electrons. The summed E-state index contributed by atoms with van der Waals surface area (Å²) in [5, 5.41) is 4.74. The average Bonchev–Trinajstić information content (AvgIpc) is 3.60. The third-order valence-electron chi connectivity index (χ3n) is 8.46. The van der Waals surface area contributed by atoms with Crippen molar-refractivity contribution in [2.75, 3.05) is 39.8 Å². The minimum absolute atomic E-state index is 0.463. The molecule has 0 aliphatic carbocycles. The van der Waals surface area contributed by atoms with Crippen LogP contribution in [0.4, 0.5) is 0 Å². The quantitative estimate of drug-likeness (QED) is 0.407. The molecule has 0 aromatic carbocycles. The standard InChI is InChI=1S/C29H38N8/c1-4-20-14-22(15-30-27(20)21-6-10-35(3)11-7-21)26-18-32-29-28(34-26)25(17-31-29)23-16-33-37(19-23)24-8-12-36(5-2)13-9-24/h14-19,21,24H,4-13H2,1-3H3,(H,31,32). The van der Waals surface area contributed by atoms with Gasteiger partial charge in [0.15, 0.2) is 5.65 Å². The van der Waals surface area contributed by atoms with Crippen molar-refractivity contribution in [2.45, 2.75) is 57.9 Å². The maximum atomic E-state index is 5.07. The molecule has 8 heteroatoms. The zero-order valence-corrected chi connectivity index (χ0v) is 22.3. The maximum Gasteiger partial charge on any atom is 0.156 e. The fourth-order valence-electron chi connectivity index (χ4n) is 6.02. The average molecular weight is 499 g/mol. The number of pyridine rings is 1. The van der Waals surface area contributed by atoms with Crippen LogP contribution >= 0.6 is 0 Å². The molecule has 2 aliphatic heterocycles. The first-order valence-corrected chi connectivity index (χ1v) is 13.9. The normalized spacial score (nSPS) is 18.7. The van der Waals surface area contributed by atoms with Crippen molar-refractivity contribution < 1.29 is 0 Å². The summed E-state index contributed by atoms with van der Waals surface area (Å²) in [7, 11) is 2.21. The van der Waals surface area contributed by atoms with E-state index in [9.17, 15) is 0 Å². The SMILES string of the molecule is CCc1cc(-c2cnc3[nH]cc(-c4cnn(C5CCN(CC)CC5)c4)c3n2)cnc1C1CCN(C)CC1. The van der Waals surface area contributed by atoms with Crippen LogP contribution < -0.4 is 0 Å². The highest BCUT2D eigenvalue weighted by molar-refractivity contribution is 5.91. The van der Waals surface area contributed by atoms with Crippen molar-refractivity contribution in [3.63, 3.8) is 0 Å². The highest BCUT2D eigenvalue weighted by Gasteiger charge is 2.23. The monoisotopic (exact) mass is 498 g/mol. The molecule has 4 aromatic heterocycles. The lowest BCUT2D eigenvalue weighted by Crippen LogP contribution is -2.34. The molecule has 2 aliphatic rings. The van der Waals surface area contributed by atoms with Gasteiger partial charge in [-0.1, -0.05) is 13.8 Å². The summed E-state index contributed by atoms with van der Waals surface area (Å²) < 4.78 is 2.15. The number of aromatic amines is 1. The van der Waals surface area contributed by atoms with Gasteiger partial charge < -0.3 is 14.8 Å². The topological polar surface area (TPSA) is 78.8 Å². The number of H-pyrrole nitrogens is 1. The second-order valence-corrected chi connectivity index (χ2v) is 10.7. The first-order chi connectivity index (χ1) is 18.1. The number of nitrogens with one attached hydrogen (secondary N) is 1. The number of nitrogens with zero attached hydrogens (tertiary/aromatic N) is 7. The Hall–Kier alpha value is -3.10. The molecule has 0 amide bonds. The molecule has 194 valence electrons. The zero-order chi connectivity index (χ0) is 25.4. The molecular formula is C29H38N8. The fourth-order valence-corrected chi connectivity index (χ4v) is 6.02. The minimum atomic E-state index is 0.463. The largest absolute Gasteiger partial charge is 0.344 e. The molecule has 6 rings (SSSR count). The van der Waals surface area contributed by atoms with Crippen LogP contribution in [0.5, 0.6) is 0 Å². The Morgan fingerprint density at radius 2 is 1.76 bits per heavy atom. The summed E-state index contributed by atoms with van der Waals surface area (Å²) in [6.07, 6.45) is 15.6. The number of aryl methyl sites for hydroxylation is 1. The van der Waals surface area contributed by atoms with E-state index in [0.29, 0.717) is 12.0 Å². The van der Waals surface area contributed by atoms with Gasteiger partial charge in [-0.15, -0.1) is 0 Å². The van der Waals surface area contributed by atoms with E-state index in [0.717, 1.165) is 85.5 Å². The predicted octanol–water partition coefficient (Wildman–Crippen LogP) is 4.91. The van der Waals surface area contributed by atoms with Crippen molar-refractivity contribution in [1.82, 2.24) is 39.5 Å². The Morgan fingerprint density at radius 1 is 0.946 bits per heavy atom. The van der Waals surface area contributed by atoms with Gasteiger partial charge in [-0.25, -0.2) is 9.97 Å². The lowest BCUT2D eigenvalue weighted by atomic mass is 9.89. The molecule has 4 aromatic rings. The van der Waals surface area contributed by atoms with Gasteiger partial charge in [0.2, 0.25) is 0 Å². The first-order valence-electron chi connectivity index (χ1n) is 13.9. The van der Waals surface area contributed by atoms with Crippen LogP contribution in [0.1, 0.15) is 62.7 Å². The smallest absolute Gasteiger partial charge is 0.156 e. The Balaban J connectivity index is 1.27. The number of hydrogen-bond acceptors (Lipinski definition) is 6. The van der Waals surface area contributed by atoms with Gasteiger partial charge in [0.05, 0.1) is 24.1 Å². The van der Waals surface area contributed by atoms with Crippen LogP contribution in [0.15, 0.2) is 37.1 Å². The summed E-state index contributed by atoms with van der Waals surface area (Å²) in [5.41, 5.74) is 8.32. The maximum absolute atomic E-state index is 5.07. The molecular weight excluding hydrogens is 460 g/mol. The molecule has 37 heavy (non-hydrogen) atoms. The van der Waals surface area contributed by atoms with E-state index in [1.54, 1.807) is 0 Å². The van der Waals surface area contributed by atoms with Gasteiger partial charge >= 0.3 is 0 Å². The van der Waals surface area contributed by atoms with Crippen LogP contribution in [0.25, 0.3) is 33.5 Å². The summed E-state index contributed by atoms with van der Waals surface area (Å²) >= 11 is 0. The second kappa shape index (κ2) is 10.3. The van der Waals surface area contributed by atoms with Gasteiger partial charge in [-0.3, -0.25) is 9.67 Å². The van der Waals surface area contributed by atoms with E-state index in [1.165, 1.54) is 24.1 Å². The third-order valence-corrected chi connectivity index (χ3v) is 8.46. The van der Waals surface area contributed by atoms with Gasteiger partial charge in [0, 0.05) is 60.0 Å². The van der Waals surface area contributed by atoms with E-state index in [2.05, 4.69) is 52.6 Å². The third kappa shape index (κ3) is 4.80. The van der Waals surface area contributed by atoms with Crippen molar-refractivity contribution in [2.24, 2.45) is 0 Å². The van der Waals surface area contributed by atoms with E-state index < -0.39 is 0 Å². The molecule has 0 atom stereocenters. The summed E-state index contributed by atoms with van der Waals surface area (Å²) in [6, 6.07) is 2.74. The molecule has 8 nitrogen and oxygen atoms in total. The van der Waals surface area contributed by atoms with Crippen LogP contribution in [-0.2, 0) is 6.42 Å². The lowest BCUT2D eigenvalue weighted by Gasteiger charge is -2.31. The van der Waals surface area contributed by atoms with Crippen LogP contribution in [0.2, 0.25) is 0 Å². The Morgan fingerprint density at radius 3 is 2.51 bits per heavy atom. The molecule has 1 N–H and O–H groups in total. The number of piperidine rings is 2. The summed E-state index contributed by atoms with van der Waals surface area (Å²) in [5.74, 6) is 0.552. The Labute approximate surface area is 219 Å². The van der Waals surface area contributed by atoms with Crippen molar-refractivity contribution in [3.8, 4) is 22.4 Å². The predicted molar refractivity (Wildman–Crippen MR) is 148 cm³/mol. The Kier molecular flexibility index (Phi) is 6.78. The molecule has 2 fully saturated rings. The van der Waals surface area contributed by atoms with E-state index >= 15 is 0 Å². The fraction of sp³-hybridized carbons (Fsp3) is 0.517. The molecule has 0 saturated carbocycles. The van der Waals surface area contributed by atoms with Gasteiger partial charge in [-0.2, -0.15) is 5.10 Å². The van der Waals surface area contributed by atoms with E-state index in [-0.39, 0.29) is 0 Å². The Bertz CT molecular complexity index is 1360. The van der Waals surface area contributed by atoms with Gasteiger partial charge in [-0.05, 0) is 70.4 Å². The summed E-state index contributed by atoms with van der Waals surface area (Å²) in [6.45, 7) is 10.2. The van der Waals surface area contributed by atoms with Crippen LogP contribution in [0, 0.1) is 0 Å². The molecule has 2 saturated heterocycles. The highest BCUT2D eigenvalue weighted by Crippen LogP contribution is 2.33. The van der Waals surface area contributed by atoms with Gasteiger partial charge in [0.1, 0.15) is 5.52 Å².